The minimum atomic E-state index is -1.16. The number of carboxylic acid groups (broad SMARTS) is 1. The van der Waals surface area contributed by atoms with Gasteiger partial charge in [0.25, 0.3) is 5.91 Å². The molecule has 0 fully saturated rings. The van der Waals surface area contributed by atoms with Crippen molar-refractivity contribution in [1.82, 2.24) is 10.3 Å². The predicted octanol–water partition coefficient (Wildman–Crippen LogP) is 3.99. The second-order valence-corrected chi connectivity index (χ2v) is 8.02. The Labute approximate surface area is 187 Å². The highest BCUT2D eigenvalue weighted by atomic mass is 32.1. The van der Waals surface area contributed by atoms with Crippen LogP contribution in [0.15, 0.2) is 35.7 Å². The molecule has 1 aromatic carbocycles. The number of nitrogens with one attached hydrogen (secondary N) is 1. The van der Waals surface area contributed by atoms with Crippen LogP contribution >= 0.6 is 11.3 Å². The number of thiophene rings is 1. The molecule has 2 N–H and O–H groups in total. The lowest BCUT2D eigenvalue weighted by molar-refractivity contribution is 0.0593. The Morgan fingerprint density at radius 2 is 2.00 bits per heavy atom. The van der Waals surface area contributed by atoms with E-state index in [0.717, 1.165) is 16.9 Å². The number of aromatic carboxylic acids is 1. The first-order valence-electron chi connectivity index (χ1n) is 9.93. The summed E-state index contributed by atoms with van der Waals surface area (Å²) in [7, 11) is 1.20. The highest BCUT2D eigenvalue weighted by Crippen LogP contribution is 2.44. The summed E-state index contributed by atoms with van der Waals surface area (Å²) in [6.07, 6.45) is 0.747. The molecule has 0 bridgehead atoms. The Morgan fingerprint density at radius 1 is 1.19 bits per heavy atom. The Hall–Kier alpha value is -3.72. The molecular weight excluding hydrogens is 432 g/mol. The molecule has 0 saturated carbocycles. The summed E-state index contributed by atoms with van der Waals surface area (Å²) < 4.78 is 10.7. The van der Waals surface area contributed by atoms with Crippen molar-refractivity contribution in [1.29, 1.82) is 0 Å². The van der Waals surface area contributed by atoms with E-state index in [0.29, 0.717) is 24.5 Å². The van der Waals surface area contributed by atoms with Crippen molar-refractivity contribution in [3.05, 3.63) is 58.2 Å². The van der Waals surface area contributed by atoms with Gasteiger partial charge in [-0.3, -0.25) is 4.79 Å². The molecular formula is C23H20N2O6S. The molecule has 32 heavy (non-hydrogen) atoms. The van der Waals surface area contributed by atoms with E-state index in [1.807, 2.05) is 18.4 Å². The van der Waals surface area contributed by atoms with Gasteiger partial charge in [0.2, 0.25) is 0 Å². The number of fused-ring (bicyclic) bond motifs is 3. The van der Waals surface area contributed by atoms with E-state index in [-0.39, 0.29) is 28.1 Å². The molecule has 8 nitrogen and oxygen atoms in total. The van der Waals surface area contributed by atoms with E-state index in [2.05, 4.69) is 10.3 Å². The third kappa shape index (κ3) is 3.82. The fraction of sp³-hybridized carbons (Fsp3) is 0.217. The second-order valence-electron chi connectivity index (χ2n) is 7.10. The van der Waals surface area contributed by atoms with Crippen LogP contribution in [0.5, 0.6) is 5.75 Å². The summed E-state index contributed by atoms with van der Waals surface area (Å²) in [5, 5.41) is 14.5. The van der Waals surface area contributed by atoms with Crippen molar-refractivity contribution in [3.8, 4) is 27.3 Å². The molecule has 1 amide bonds. The molecule has 0 aliphatic carbocycles. The summed E-state index contributed by atoms with van der Waals surface area (Å²) in [4.78, 5) is 42.1. The number of hydrogen-bond donors (Lipinski definition) is 2. The zero-order chi connectivity index (χ0) is 22.8. The molecule has 0 saturated heterocycles. The van der Waals surface area contributed by atoms with Gasteiger partial charge in [-0.15, -0.1) is 11.3 Å². The molecule has 0 unspecified atom stereocenters. The first-order valence-corrected chi connectivity index (χ1v) is 10.8. The van der Waals surface area contributed by atoms with Gasteiger partial charge in [0.05, 0.1) is 12.7 Å². The van der Waals surface area contributed by atoms with Gasteiger partial charge in [0, 0.05) is 33.7 Å². The van der Waals surface area contributed by atoms with Crippen LogP contribution in [0.2, 0.25) is 0 Å². The summed E-state index contributed by atoms with van der Waals surface area (Å²) in [5.41, 5.74) is 2.05. The average molecular weight is 452 g/mol. The fourth-order valence-corrected chi connectivity index (χ4v) is 4.44. The standard InChI is InChI=1S/C23H20N2O6S/c1-3-7-24-21(26)17-5-4-13(19(25-17)23(29)30-2)14-10-18-16(9-15(14)22(27)28)20-12(11-31-18)6-8-32-20/h4-6,8-10H,3,7,11H2,1-2H3,(H,24,26)(H,27,28). The minimum Gasteiger partial charge on any atom is -0.488 e. The number of benzene rings is 1. The Bertz CT molecular complexity index is 1230. The number of carbonyl (C=O) groups excluding carboxylic acids is 2. The second kappa shape index (κ2) is 8.80. The topological polar surface area (TPSA) is 115 Å². The molecule has 0 atom stereocenters. The number of carboxylic acids is 1. The van der Waals surface area contributed by atoms with Gasteiger partial charge in [-0.25, -0.2) is 14.6 Å². The third-order valence-electron chi connectivity index (χ3n) is 5.06. The molecule has 9 heteroatoms. The smallest absolute Gasteiger partial charge is 0.357 e. The van der Waals surface area contributed by atoms with Gasteiger partial charge in [-0.1, -0.05) is 6.92 Å². The summed E-state index contributed by atoms with van der Waals surface area (Å²) in [5.74, 6) is -1.85. The van der Waals surface area contributed by atoms with Crippen LogP contribution in [-0.4, -0.2) is 41.6 Å². The van der Waals surface area contributed by atoms with E-state index < -0.39 is 17.8 Å². The van der Waals surface area contributed by atoms with Crippen LogP contribution in [0, 0.1) is 0 Å². The zero-order valence-electron chi connectivity index (χ0n) is 17.4. The maximum absolute atomic E-state index is 12.5. The molecule has 0 spiro atoms. The number of rotatable bonds is 6. The number of nitrogens with zero attached hydrogens (tertiary/aromatic N) is 1. The van der Waals surface area contributed by atoms with Crippen molar-refractivity contribution in [2.24, 2.45) is 0 Å². The number of pyridine rings is 1. The van der Waals surface area contributed by atoms with Crippen molar-refractivity contribution < 1.29 is 29.0 Å². The van der Waals surface area contributed by atoms with Crippen molar-refractivity contribution in [3.63, 3.8) is 0 Å². The summed E-state index contributed by atoms with van der Waals surface area (Å²) >= 11 is 1.51. The summed E-state index contributed by atoms with van der Waals surface area (Å²) in [6.45, 7) is 2.75. The quantitative estimate of drug-likeness (QED) is 0.543. The number of hydrogen-bond acceptors (Lipinski definition) is 7. The zero-order valence-corrected chi connectivity index (χ0v) is 18.2. The predicted molar refractivity (Wildman–Crippen MR) is 118 cm³/mol. The van der Waals surface area contributed by atoms with Gasteiger partial charge < -0.3 is 19.9 Å². The molecule has 4 rings (SSSR count). The van der Waals surface area contributed by atoms with Crippen LogP contribution in [0.4, 0.5) is 0 Å². The van der Waals surface area contributed by atoms with Gasteiger partial charge in [-0.2, -0.15) is 0 Å². The van der Waals surface area contributed by atoms with Crippen LogP contribution in [-0.2, 0) is 11.3 Å². The van der Waals surface area contributed by atoms with E-state index in [4.69, 9.17) is 9.47 Å². The van der Waals surface area contributed by atoms with Crippen molar-refractivity contribution in [2.45, 2.75) is 20.0 Å². The number of aromatic nitrogens is 1. The fourth-order valence-electron chi connectivity index (χ4n) is 3.50. The minimum absolute atomic E-state index is 0.0104. The molecule has 1 aliphatic rings. The molecule has 2 aromatic heterocycles. The van der Waals surface area contributed by atoms with Crippen molar-refractivity contribution >= 4 is 29.2 Å². The number of esters is 1. The van der Waals surface area contributed by atoms with Crippen molar-refractivity contribution in [2.75, 3.05) is 13.7 Å². The van der Waals surface area contributed by atoms with Gasteiger partial charge in [0.1, 0.15) is 18.1 Å². The van der Waals surface area contributed by atoms with Gasteiger partial charge in [-0.05, 0) is 42.1 Å². The normalized spacial score (nSPS) is 11.7. The molecule has 164 valence electrons. The number of carbonyl (C=O) groups is 3. The first kappa shape index (κ1) is 21.5. The van der Waals surface area contributed by atoms with E-state index in [9.17, 15) is 19.5 Å². The Balaban J connectivity index is 1.88. The third-order valence-corrected chi connectivity index (χ3v) is 6.05. The van der Waals surface area contributed by atoms with Crippen LogP contribution < -0.4 is 10.1 Å². The van der Waals surface area contributed by atoms with Gasteiger partial charge >= 0.3 is 11.9 Å². The molecule has 3 aromatic rings. The highest BCUT2D eigenvalue weighted by molar-refractivity contribution is 7.13. The molecule has 3 heterocycles. The molecule has 1 aliphatic heterocycles. The lowest BCUT2D eigenvalue weighted by Gasteiger charge is -2.20. The largest absolute Gasteiger partial charge is 0.488 e. The SMILES string of the molecule is CCCNC(=O)c1ccc(-c2cc3c(cc2C(=O)O)-c2sccc2CO3)c(C(=O)OC)n1. The van der Waals surface area contributed by atoms with Crippen LogP contribution in [0.1, 0.15) is 50.2 Å². The Kier molecular flexibility index (Phi) is 5.91. The van der Waals surface area contributed by atoms with E-state index in [1.54, 1.807) is 12.1 Å². The number of methoxy groups -OCH3 is 1. The maximum Gasteiger partial charge on any atom is 0.357 e. The number of ether oxygens (including phenoxy) is 2. The summed E-state index contributed by atoms with van der Waals surface area (Å²) in [6, 6.07) is 8.05. The highest BCUT2D eigenvalue weighted by Gasteiger charge is 2.27. The molecule has 0 radical (unpaired) electrons. The lowest BCUT2D eigenvalue weighted by Crippen LogP contribution is -2.25. The number of amides is 1. The van der Waals surface area contributed by atoms with Gasteiger partial charge in [0.15, 0.2) is 5.69 Å². The van der Waals surface area contributed by atoms with E-state index in [1.165, 1.54) is 30.6 Å². The lowest BCUT2D eigenvalue weighted by atomic mass is 9.93. The average Bonchev–Trinajstić information content (AvgIpc) is 3.30. The maximum atomic E-state index is 12.5. The Morgan fingerprint density at radius 3 is 2.72 bits per heavy atom. The van der Waals surface area contributed by atoms with E-state index >= 15 is 0 Å². The first-order chi connectivity index (χ1) is 15.4. The van der Waals surface area contributed by atoms with Crippen LogP contribution in [0.25, 0.3) is 21.6 Å². The van der Waals surface area contributed by atoms with Crippen LogP contribution in [0.3, 0.4) is 0 Å². The monoisotopic (exact) mass is 452 g/mol.